The van der Waals surface area contributed by atoms with E-state index in [2.05, 4.69) is 4.98 Å². The molecule has 1 saturated heterocycles. The summed E-state index contributed by atoms with van der Waals surface area (Å²) < 4.78 is 5.23. The first kappa shape index (κ1) is 13.6. The second-order valence-corrected chi connectivity index (χ2v) is 4.83. The van der Waals surface area contributed by atoms with Crippen LogP contribution in [0.1, 0.15) is 38.5 Å². The predicted molar refractivity (Wildman–Crippen MR) is 68.5 cm³/mol. The van der Waals surface area contributed by atoms with Crippen molar-refractivity contribution in [2.45, 2.75) is 26.4 Å². The third kappa shape index (κ3) is 2.35. The van der Waals surface area contributed by atoms with Crippen LogP contribution in [0.15, 0.2) is 0 Å². The minimum absolute atomic E-state index is 0.0688. The molecule has 0 bridgehead atoms. The van der Waals surface area contributed by atoms with Gasteiger partial charge in [-0.3, -0.25) is 4.79 Å². The number of likely N-dealkylation sites (tertiary alicyclic amines) is 1. The first-order chi connectivity index (χ1) is 8.95. The summed E-state index contributed by atoms with van der Waals surface area (Å²) in [6, 6.07) is 0. The Morgan fingerprint density at radius 3 is 2.58 bits per heavy atom. The van der Waals surface area contributed by atoms with Crippen molar-refractivity contribution in [1.82, 2.24) is 9.88 Å². The molecule has 1 aliphatic heterocycles. The van der Waals surface area contributed by atoms with Crippen LogP contribution < -0.4 is 0 Å². The number of aryl methyl sites for hydroxylation is 1. The molecule has 2 heterocycles. The maximum absolute atomic E-state index is 12.4. The van der Waals surface area contributed by atoms with Gasteiger partial charge in [0, 0.05) is 25.9 Å². The number of hydrogen-bond acceptors (Lipinski definition) is 3. The number of hydrogen-bond donors (Lipinski definition) is 2. The van der Waals surface area contributed by atoms with Crippen molar-refractivity contribution in [3.05, 3.63) is 22.5 Å². The molecule has 1 aliphatic rings. The number of aromatic nitrogens is 1. The molecule has 0 unspecified atom stereocenters. The van der Waals surface area contributed by atoms with Gasteiger partial charge in [0.05, 0.1) is 11.7 Å². The lowest BCUT2D eigenvalue weighted by atomic mass is 10.1. The third-order valence-electron chi connectivity index (χ3n) is 3.63. The largest absolute Gasteiger partial charge is 0.478 e. The average Bonchev–Trinajstić information content (AvgIpc) is 2.93. The number of rotatable bonds is 3. The Morgan fingerprint density at radius 2 is 2.11 bits per heavy atom. The summed E-state index contributed by atoms with van der Waals surface area (Å²) in [6.45, 7) is 4.51. The third-order valence-corrected chi connectivity index (χ3v) is 3.63. The topological polar surface area (TPSA) is 82.6 Å². The first-order valence-corrected chi connectivity index (χ1v) is 6.20. The molecule has 19 heavy (non-hydrogen) atoms. The normalized spacial score (nSPS) is 18.9. The van der Waals surface area contributed by atoms with E-state index in [0.717, 1.165) is 6.42 Å². The lowest BCUT2D eigenvalue weighted by Crippen LogP contribution is -2.30. The molecule has 1 fully saturated rings. The molecule has 2 rings (SSSR count). The van der Waals surface area contributed by atoms with Gasteiger partial charge in [0.1, 0.15) is 5.69 Å². The van der Waals surface area contributed by atoms with Crippen molar-refractivity contribution in [1.29, 1.82) is 0 Å². The van der Waals surface area contributed by atoms with E-state index in [9.17, 15) is 9.59 Å². The van der Waals surface area contributed by atoms with Gasteiger partial charge in [0.25, 0.3) is 5.91 Å². The smallest absolute Gasteiger partial charge is 0.337 e. The Hall–Kier alpha value is -1.82. The fraction of sp³-hybridized carbons (Fsp3) is 0.538. The van der Waals surface area contributed by atoms with E-state index in [1.54, 1.807) is 25.9 Å². The van der Waals surface area contributed by atoms with Crippen molar-refractivity contribution in [3.8, 4) is 0 Å². The molecule has 6 nitrogen and oxygen atoms in total. The lowest BCUT2D eigenvalue weighted by Gasteiger charge is -2.15. The van der Waals surface area contributed by atoms with E-state index in [-0.39, 0.29) is 17.6 Å². The highest BCUT2D eigenvalue weighted by Gasteiger charge is 2.30. The maximum Gasteiger partial charge on any atom is 0.337 e. The number of carboxylic acid groups (broad SMARTS) is 1. The summed E-state index contributed by atoms with van der Waals surface area (Å²) >= 11 is 0. The van der Waals surface area contributed by atoms with E-state index >= 15 is 0 Å². The zero-order chi connectivity index (χ0) is 14.2. The summed E-state index contributed by atoms with van der Waals surface area (Å²) in [5, 5.41) is 9.12. The number of aromatic carboxylic acids is 1. The number of H-pyrrole nitrogens is 1. The second kappa shape index (κ2) is 5.05. The monoisotopic (exact) mass is 266 g/mol. The highest BCUT2D eigenvalue weighted by molar-refractivity contribution is 6.00. The van der Waals surface area contributed by atoms with Gasteiger partial charge in [-0.2, -0.15) is 0 Å². The molecule has 6 heteroatoms. The van der Waals surface area contributed by atoms with Gasteiger partial charge in [-0.1, -0.05) is 0 Å². The first-order valence-electron chi connectivity index (χ1n) is 6.20. The van der Waals surface area contributed by atoms with Crippen LogP contribution in [0, 0.1) is 13.8 Å². The number of nitrogens with zero attached hydrogens (tertiary/aromatic N) is 1. The Balaban J connectivity index is 2.26. The van der Waals surface area contributed by atoms with Gasteiger partial charge < -0.3 is 19.7 Å². The average molecular weight is 266 g/mol. The van der Waals surface area contributed by atoms with E-state index in [0.29, 0.717) is 30.0 Å². The van der Waals surface area contributed by atoms with Crippen LogP contribution in [0.4, 0.5) is 0 Å². The predicted octanol–water partition coefficient (Wildman–Crippen LogP) is 1.19. The summed E-state index contributed by atoms with van der Waals surface area (Å²) in [4.78, 5) is 28.1. The van der Waals surface area contributed by atoms with E-state index in [1.807, 2.05) is 0 Å². The Kier molecular flexibility index (Phi) is 3.61. The van der Waals surface area contributed by atoms with Crippen LogP contribution in [0.3, 0.4) is 0 Å². The van der Waals surface area contributed by atoms with E-state index < -0.39 is 5.97 Å². The zero-order valence-electron chi connectivity index (χ0n) is 11.3. The molecule has 0 aromatic carbocycles. The van der Waals surface area contributed by atoms with Crippen LogP contribution in [0.5, 0.6) is 0 Å². The number of methoxy groups -OCH3 is 1. The number of ether oxygens (including phenoxy) is 1. The highest BCUT2D eigenvalue weighted by atomic mass is 16.5. The molecule has 1 aromatic heterocycles. The second-order valence-electron chi connectivity index (χ2n) is 4.83. The standard InChI is InChI=1S/C13H18N2O4/c1-7-10(13(17)18)8(2)14-11(7)12(16)15-5-4-9(6-15)19-3/h9,14H,4-6H2,1-3H3,(H,17,18)/t9-/m0/s1. The van der Waals surface area contributed by atoms with Gasteiger partial charge in [0.15, 0.2) is 0 Å². The van der Waals surface area contributed by atoms with Crippen molar-refractivity contribution in [2.24, 2.45) is 0 Å². The van der Waals surface area contributed by atoms with Crippen LogP contribution in [0.2, 0.25) is 0 Å². The molecule has 0 saturated carbocycles. The van der Waals surface area contributed by atoms with Crippen LogP contribution in [-0.2, 0) is 4.74 Å². The van der Waals surface area contributed by atoms with E-state index in [1.165, 1.54) is 0 Å². The lowest BCUT2D eigenvalue weighted by molar-refractivity contribution is 0.0695. The molecular weight excluding hydrogens is 248 g/mol. The molecule has 0 radical (unpaired) electrons. The number of aromatic amines is 1. The molecule has 104 valence electrons. The van der Waals surface area contributed by atoms with Gasteiger partial charge in [0.2, 0.25) is 0 Å². The van der Waals surface area contributed by atoms with Gasteiger partial charge in [-0.15, -0.1) is 0 Å². The molecule has 2 N–H and O–H groups in total. The minimum atomic E-state index is -1.01. The van der Waals surface area contributed by atoms with Crippen molar-refractivity contribution < 1.29 is 19.4 Å². The molecule has 1 amide bonds. The van der Waals surface area contributed by atoms with Gasteiger partial charge >= 0.3 is 5.97 Å². The van der Waals surface area contributed by atoms with Gasteiger partial charge in [-0.05, 0) is 25.8 Å². The summed E-state index contributed by atoms with van der Waals surface area (Å²) in [6.07, 6.45) is 0.881. The fourth-order valence-electron chi connectivity index (χ4n) is 2.55. The number of carboxylic acids is 1. The number of carbonyl (C=O) groups excluding carboxylic acids is 1. The van der Waals surface area contributed by atoms with Crippen molar-refractivity contribution >= 4 is 11.9 Å². The SMILES string of the molecule is CO[C@H]1CCN(C(=O)c2[nH]c(C)c(C(=O)O)c2C)C1. The van der Waals surface area contributed by atoms with Gasteiger partial charge in [-0.25, -0.2) is 4.79 Å². The molecule has 1 atom stereocenters. The molecule has 0 aliphatic carbocycles. The van der Waals surface area contributed by atoms with E-state index in [4.69, 9.17) is 9.84 Å². The summed E-state index contributed by atoms with van der Waals surface area (Å²) in [5.74, 6) is -1.17. The van der Waals surface area contributed by atoms with Crippen molar-refractivity contribution in [2.75, 3.05) is 20.2 Å². The minimum Gasteiger partial charge on any atom is -0.478 e. The van der Waals surface area contributed by atoms with Crippen LogP contribution >= 0.6 is 0 Å². The zero-order valence-corrected chi connectivity index (χ0v) is 11.3. The summed E-state index contributed by atoms with van der Waals surface area (Å²) in [5.41, 5.74) is 1.56. The Morgan fingerprint density at radius 1 is 1.42 bits per heavy atom. The molecular formula is C13H18N2O4. The van der Waals surface area contributed by atoms with Crippen molar-refractivity contribution in [3.63, 3.8) is 0 Å². The number of carbonyl (C=O) groups is 2. The maximum atomic E-state index is 12.4. The van der Waals surface area contributed by atoms with Crippen LogP contribution in [-0.4, -0.2) is 53.2 Å². The number of nitrogens with one attached hydrogen (secondary N) is 1. The number of amides is 1. The quantitative estimate of drug-likeness (QED) is 0.861. The Labute approximate surface area is 111 Å². The Bertz CT molecular complexity index is 521. The molecule has 0 spiro atoms. The fourth-order valence-corrected chi connectivity index (χ4v) is 2.55. The highest BCUT2D eigenvalue weighted by Crippen LogP contribution is 2.21. The summed E-state index contributed by atoms with van der Waals surface area (Å²) in [7, 11) is 1.63. The van der Waals surface area contributed by atoms with Crippen LogP contribution in [0.25, 0.3) is 0 Å². The molecule has 1 aromatic rings.